The Morgan fingerprint density at radius 1 is 1.21 bits per heavy atom. The van der Waals surface area contributed by atoms with Crippen molar-refractivity contribution in [2.75, 3.05) is 21.3 Å². The fourth-order valence-electron chi connectivity index (χ4n) is 1.52. The first-order valence-electron chi connectivity index (χ1n) is 5.57. The van der Waals surface area contributed by atoms with Gasteiger partial charge in [-0.2, -0.15) is 5.26 Å². The van der Waals surface area contributed by atoms with Crippen molar-refractivity contribution in [2.24, 2.45) is 0 Å². The molecule has 0 fully saturated rings. The van der Waals surface area contributed by atoms with Crippen molar-refractivity contribution in [1.82, 2.24) is 5.32 Å². The van der Waals surface area contributed by atoms with Gasteiger partial charge in [0.05, 0.1) is 27.4 Å². The highest BCUT2D eigenvalue weighted by atomic mass is 16.5. The number of hydrogen-bond donors (Lipinski definition) is 1. The van der Waals surface area contributed by atoms with E-state index in [2.05, 4.69) is 5.32 Å². The predicted molar refractivity (Wildman–Crippen MR) is 68.6 cm³/mol. The molecule has 0 saturated heterocycles. The highest BCUT2D eigenvalue weighted by Crippen LogP contribution is 2.38. The van der Waals surface area contributed by atoms with Crippen LogP contribution in [0.1, 0.15) is 17.3 Å². The Hall–Kier alpha value is -2.42. The second-order valence-corrected chi connectivity index (χ2v) is 3.74. The highest BCUT2D eigenvalue weighted by Gasteiger charge is 2.17. The number of ether oxygens (including phenoxy) is 3. The van der Waals surface area contributed by atoms with Crippen LogP contribution in [0.4, 0.5) is 0 Å². The van der Waals surface area contributed by atoms with Gasteiger partial charge < -0.3 is 19.5 Å². The van der Waals surface area contributed by atoms with Gasteiger partial charge in [-0.15, -0.1) is 0 Å². The van der Waals surface area contributed by atoms with Crippen molar-refractivity contribution in [3.63, 3.8) is 0 Å². The van der Waals surface area contributed by atoms with E-state index in [1.54, 1.807) is 6.92 Å². The quantitative estimate of drug-likeness (QED) is 0.868. The lowest BCUT2D eigenvalue weighted by atomic mass is 10.1. The van der Waals surface area contributed by atoms with Crippen LogP contribution in [-0.2, 0) is 0 Å². The summed E-state index contributed by atoms with van der Waals surface area (Å²) in [6, 6.07) is 4.41. The Morgan fingerprint density at radius 2 is 1.74 bits per heavy atom. The van der Waals surface area contributed by atoms with Gasteiger partial charge in [-0.25, -0.2) is 0 Å². The van der Waals surface area contributed by atoms with Crippen LogP contribution in [0.25, 0.3) is 0 Å². The molecule has 1 aromatic rings. The van der Waals surface area contributed by atoms with E-state index in [-0.39, 0.29) is 5.91 Å². The molecular weight excluding hydrogens is 248 g/mol. The molecule has 0 saturated carbocycles. The summed E-state index contributed by atoms with van der Waals surface area (Å²) in [6.45, 7) is 1.59. The molecule has 0 aromatic heterocycles. The van der Waals surface area contributed by atoms with Gasteiger partial charge in [0, 0.05) is 5.56 Å². The molecule has 1 N–H and O–H groups in total. The minimum atomic E-state index is -0.577. The highest BCUT2D eigenvalue weighted by molar-refractivity contribution is 5.96. The minimum absolute atomic E-state index is 0.330. The number of benzene rings is 1. The van der Waals surface area contributed by atoms with Crippen LogP contribution < -0.4 is 19.5 Å². The molecule has 19 heavy (non-hydrogen) atoms. The lowest BCUT2D eigenvalue weighted by Crippen LogP contribution is -2.31. The van der Waals surface area contributed by atoms with Gasteiger partial charge in [0.1, 0.15) is 6.04 Å². The second-order valence-electron chi connectivity index (χ2n) is 3.74. The molecule has 0 aliphatic carbocycles. The van der Waals surface area contributed by atoms with Gasteiger partial charge in [-0.1, -0.05) is 0 Å². The summed E-state index contributed by atoms with van der Waals surface area (Å²) in [6.07, 6.45) is 0. The number of nitriles is 1. The normalized spacial score (nSPS) is 11.1. The topological polar surface area (TPSA) is 80.6 Å². The number of nitrogens with zero attached hydrogens (tertiary/aromatic N) is 1. The van der Waals surface area contributed by atoms with Gasteiger partial charge in [0.25, 0.3) is 5.91 Å². The van der Waals surface area contributed by atoms with E-state index in [0.29, 0.717) is 22.8 Å². The number of amides is 1. The lowest BCUT2D eigenvalue weighted by molar-refractivity contribution is 0.0947. The molecule has 6 nitrogen and oxygen atoms in total. The third-order valence-electron chi connectivity index (χ3n) is 2.47. The monoisotopic (exact) mass is 264 g/mol. The van der Waals surface area contributed by atoms with Crippen LogP contribution in [0.5, 0.6) is 17.2 Å². The van der Waals surface area contributed by atoms with Crippen LogP contribution in [0.15, 0.2) is 12.1 Å². The van der Waals surface area contributed by atoms with E-state index < -0.39 is 6.04 Å². The van der Waals surface area contributed by atoms with Gasteiger partial charge >= 0.3 is 0 Å². The molecule has 1 aromatic carbocycles. The average Bonchev–Trinajstić information content (AvgIpc) is 2.44. The summed E-state index contributed by atoms with van der Waals surface area (Å²) >= 11 is 0. The SMILES string of the molecule is COc1cc(C(=O)NC(C)C#N)cc(OC)c1OC. The molecule has 1 unspecified atom stereocenters. The molecule has 6 heteroatoms. The molecule has 0 aliphatic rings. The number of rotatable bonds is 5. The maximum absolute atomic E-state index is 11.9. The van der Waals surface area contributed by atoms with Crippen molar-refractivity contribution < 1.29 is 19.0 Å². The molecule has 1 rings (SSSR count). The predicted octanol–water partition coefficient (Wildman–Crippen LogP) is 1.35. The molecule has 102 valence electrons. The Kier molecular flexibility index (Phi) is 5.01. The van der Waals surface area contributed by atoms with Gasteiger partial charge in [-0.05, 0) is 19.1 Å². The summed E-state index contributed by atoms with van der Waals surface area (Å²) in [5.74, 6) is 0.802. The first-order chi connectivity index (χ1) is 9.07. The number of hydrogen-bond acceptors (Lipinski definition) is 5. The minimum Gasteiger partial charge on any atom is -0.493 e. The van der Waals surface area contributed by atoms with Crippen molar-refractivity contribution >= 4 is 5.91 Å². The standard InChI is InChI=1S/C13H16N2O4/c1-8(7-14)15-13(16)9-5-10(17-2)12(19-4)11(6-9)18-3/h5-6,8H,1-4H3,(H,15,16). The molecule has 1 atom stereocenters. The van der Waals surface area contributed by atoms with E-state index in [1.165, 1.54) is 33.5 Å². The molecule has 0 radical (unpaired) electrons. The summed E-state index contributed by atoms with van der Waals surface area (Å²) < 4.78 is 15.5. The van der Waals surface area contributed by atoms with Gasteiger partial charge in [0.2, 0.25) is 5.75 Å². The molecule has 0 bridgehead atoms. The summed E-state index contributed by atoms with van der Waals surface area (Å²) in [5, 5.41) is 11.2. The van der Waals surface area contributed by atoms with Crippen LogP contribution in [0.3, 0.4) is 0 Å². The van der Waals surface area contributed by atoms with E-state index in [0.717, 1.165) is 0 Å². The van der Waals surface area contributed by atoms with Crippen molar-refractivity contribution in [3.8, 4) is 23.3 Å². The first kappa shape index (κ1) is 14.6. The summed E-state index contributed by atoms with van der Waals surface area (Å²) in [5.41, 5.74) is 0.330. The summed E-state index contributed by atoms with van der Waals surface area (Å²) in [7, 11) is 4.42. The van der Waals surface area contributed by atoms with E-state index >= 15 is 0 Å². The first-order valence-corrected chi connectivity index (χ1v) is 5.57. The Bertz CT molecular complexity index is 483. The van der Waals surface area contributed by atoms with Crippen LogP contribution in [-0.4, -0.2) is 33.3 Å². The van der Waals surface area contributed by atoms with Crippen LogP contribution in [0, 0.1) is 11.3 Å². The fraction of sp³-hybridized carbons (Fsp3) is 0.385. The van der Waals surface area contributed by atoms with Crippen molar-refractivity contribution in [2.45, 2.75) is 13.0 Å². The fourth-order valence-corrected chi connectivity index (χ4v) is 1.52. The number of methoxy groups -OCH3 is 3. The van der Waals surface area contributed by atoms with Crippen LogP contribution in [0.2, 0.25) is 0 Å². The second kappa shape index (κ2) is 6.50. The number of nitrogens with one attached hydrogen (secondary N) is 1. The number of carbonyl (C=O) groups excluding carboxylic acids is 1. The Labute approximate surface area is 111 Å². The van der Waals surface area contributed by atoms with E-state index in [1.807, 2.05) is 6.07 Å². The molecule has 1 amide bonds. The Balaban J connectivity index is 3.16. The van der Waals surface area contributed by atoms with E-state index in [9.17, 15) is 4.79 Å². The smallest absolute Gasteiger partial charge is 0.252 e. The van der Waals surface area contributed by atoms with Gasteiger partial charge in [-0.3, -0.25) is 4.79 Å². The van der Waals surface area contributed by atoms with Crippen LogP contribution >= 0.6 is 0 Å². The third kappa shape index (κ3) is 3.28. The Morgan fingerprint density at radius 3 is 2.11 bits per heavy atom. The zero-order valence-corrected chi connectivity index (χ0v) is 11.3. The molecule has 0 spiro atoms. The number of carbonyl (C=O) groups is 1. The zero-order valence-electron chi connectivity index (χ0n) is 11.3. The van der Waals surface area contributed by atoms with E-state index in [4.69, 9.17) is 19.5 Å². The molecular formula is C13H16N2O4. The zero-order chi connectivity index (χ0) is 14.4. The molecule has 0 heterocycles. The third-order valence-corrected chi connectivity index (χ3v) is 2.47. The molecule has 0 aliphatic heterocycles. The van der Waals surface area contributed by atoms with Crippen molar-refractivity contribution in [3.05, 3.63) is 17.7 Å². The van der Waals surface area contributed by atoms with Crippen molar-refractivity contribution in [1.29, 1.82) is 5.26 Å². The maximum Gasteiger partial charge on any atom is 0.252 e. The average molecular weight is 264 g/mol. The lowest BCUT2D eigenvalue weighted by Gasteiger charge is -2.14. The maximum atomic E-state index is 11.9. The summed E-state index contributed by atoms with van der Waals surface area (Å²) in [4.78, 5) is 11.9. The van der Waals surface area contributed by atoms with Gasteiger partial charge in [0.15, 0.2) is 11.5 Å². The largest absolute Gasteiger partial charge is 0.493 e.